The summed E-state index contributed by atoms with van der Waals surface area (Å²) in [4.78, 5) is 4.54. The standard InChI is InChI=1S/C9H12BrN/c1-3-9(10)8-6-11-5-4-7(8)2/h4-6,9H,3H2,1-2H3. The Morgan fingerprint density at radius 3 is 2.91 bits per heavy atom. The van der Waals surface area contributed by atoms with E-state index in [1.807, 2.05) is 18.5 Å². The van der Waals surface area contributed by atoms with Gasteiger partial charge in [0.15, 0.2) is 0 Å². The maximum Gasteiger partial charge on any atom is 0.0410 e. The van der Waals surface area contributed by atoms with E-state index in [1.54, 1.807) is 0 Å². The van der Waals surface area contributed by atoms with Crippen LogP contribution in [0.25, 0.3) is 0 Å². The predicted octanol–water partition coefficient (Wildman–Crippen LogP) is 3.24. The zero-order chi connectivity index (χ0) is 8.27. The summed E-state index contributed by atoms with van der Waals surface area (Å²) < 4.78 is 0. The van der Waals surface area contributed by atoms with E-state index < -0.39 is 0 Å². The van der Waals surface area contributed by atoms with Crippen molar-refractivity contribution in [2.75, 3.05) is 0 Å². The zero-order valence-electron chi connectivity index (χ0n) is 6.84. The monoisotopic (exact) mass is 213 g/mol. The Balaban J connectivity index is 2.93. The van der Waals surface area contributed by atoms with Crippen molar-refractivity contribution >= 4 is 15.9 Å². The van der Waals surface area contributed by atoms with Crippen LogP contribution in [-0.2, 0) is 0 Å². The molecular formula is C9H12BrN. The minimum absolute atomic E-state index is 0.455. The van der Waals surface area contributed by atoms with E-state index in [2.05, 4.69) is 34.8 Å². The van der Waals surface area contributed by atoms with Crippen molar-refractivity contribution in [3.63, 3.8) is 0 Å². The SMILES string of the molecule is CCC(Br)c1cnccc1C. The topological polar surface area (TPSA) is 12.9 Å². The first kappa shape index (κ1) is 8.72. The summed E-state index contributed by atoms with van der Waals surface area (Å²) in [5, 5.41) is 0. The van der Waals surface area contributed by atoms with Gasteiger partial charge in [-0.25, -0.2) is 0 Å². The molecule has 1 rings (SSSR count). The molecule has 1 heterocycles. The number of pyridine rings is 1. The van der Waals surface area contributed by atoms with Gasteiger partial charge in [-0.05, 0) is 30.5 Å². The molecule has 1 nitrogen and oxygen atoms in total. The first-order valence-corrected chi connectivity index (χ1v) is 4.72. The Kier molecular flexibility index (Phi) is 3.06. The highest BCUT2D eigenvalue weighted by atomic mass is 79.9. The maximum absolute atomic E-state index is 4.08. The normalized spacial score (nSPS) is 13.0. The fraction of sp³-hybridized carbons (Fsp3) is 0.444. The average Bonchev–Trinajstić information content (AvgIpc) is 2.04. The lowest BCUT2D eigenvalue weighted by Crippen LogP contribution is -1.92. The zero-order valence-corrected chi connectivity index (χ0v) is 8.43. The summed E-state index contributed by atoms with van der Waals surface area (Å²) in [5.41, 5.74) is 2.61. The van der Waals surface area contributed by atoms with Crippen LogP contribution in [0.2, 0.25) is 0 Å². The van der Waals surface area contributed by atoms with Crippen molar-refractivity contribution in [2.24, 2.45) is 0 Å². The van der Waals surface area contributed by atoms with E-state index in [4.69, 9.17) is 0 Å². The molecule has 0 aliphatic heterocycles. The van der Waals surface area contributed by atoms with E-state index >= 15 is 0 Å². The minimum Gasteiger partial charge on any atom is -0.264 e. The molecule has 0 amide bonds. The second kappa shape index (κ2) is 3.86. The van der Waals surface area contributed by atoms with Crippen LogP contribution in [0.4, 0.5) is 0 Å². The molecule has 1 aromatic heterocycles. The van der Waals surface area contributed by atoms with Crippen molar-refractivity contribution in [1.29, 1.82) is 0 Å². The first-order chi connectivity index (χ1) is 5.25. The fourth-order valence-corrected chi connectivity index (χ4v) is 1.50. The second-order valence-corrected chi connectivity index (χ2v) is 3.71. The molecule has 0 aromatic carbocycles. The van der Waals surface area contributed by atoms with Crippen molar-refractivity contribution in [1.82, 2.24) is 4.98 Å². The Labute approximate surface area is 76.0 Å². The molecular weight excluding hydrogens is 202 g/mol. The van der Waals surface area contributed by atoms with Crippen LogP contribution in [0.5, 0.6) is 0 Å². The minimum atomic E-state index is 0.455. The van der Waals surface area contributed by atoms with Gasteiger partial charge >= 0.3 is 0 Å². The number of aryl methyl sites for hydroxylation is 1. The van der Waals surface area contributed by atoms with Gasteiger partial charge in [-0.2, -0.15) is 0 Å². The quantitative estimate of drug-likeness (QED) is 0.688. The number of rotatable bonds is 2. The van der Waals surface area contributed by atoms with Crippen LogP contribution in [-0.4, -0.2) is 4.98 Å². The van der Waals surface area contributed by atoms with Gasteiger partial charge in [-0.15, -0.1) is 0 Å². The highest BCUT2D eigenvalue weighted by molar-refractivity contribution is 9.09. The molecule has 11 heavy (non-hydrogen) atoms. The summed E-state index contributed by atoms with van der Waals surface area (Å²) in [6, 6.07) is 2.04. The summed E-state index contributed by atoms with van der Waals surface area (Å²) in [5.74, 6) is 0. The number of hydrogen-bond acceptors (Lipinski definition) is 1. The Morgan fingerprint density at radius 1 is 1.64 bits per heavy atom. The molecule has 0 spiro atoms. The third kappa shape index (κ3) is 2.03. The molecule has 1 atom stereocenters. The van der Waals surface area contributed by atoms with Crippen LogP contribution in [0.3, 0.4) is 0 Å². The third-order valence-electron chi connectivity index (χ3n) is 1.78. The average molecular weight is 214 g/mol. The van der Waals surface area contributed by atoms with Gasteiger partial charge in [0.25, 0.3) is 0 Å². The fourth-order valence-electron chi connectivity index (χ4n) is 1.02. The van der Waals surface area contributed by atoms with Gasteiger partial charge < -0.3 is 0 Å². The molecule has 0 bridgehead atoms. The van der Waals surface area contributed by atoms with Gasteiger partial charge in [-0.1, -0.05) is 22.9 Å². The van der Waals surface area contributed by atoms with Crippen LogP contribution in [0, 0.1) is 6.92 Å². The highest BCUT2D eigenvalue weighted by Gasteiger charge is 2.06. The lowest BCUT2D eigenvalue weighted by atomic mass is 10.1. The molecule has 0 aliphatic rings. The summed E-state index contributed by atoms with van der Waals surface area (Å²) in [7, 11) is 0. The third-order valence-corrected chi connectivity index (χ3v) is 2.92. The van der Waals surface area contributed by atoms with E-state index in [0.29, 0.717) is 4.83 Å². The molecule has 0 saturated heterocycles. The number of alkyl halides is 1. The van der Waals surface area contributed by atoms with Crippen molar-refractivity contribution in [2.45, 2.75) is 25.1 Å². The Hall–Kier alpha value is -0.370. The van der Waals surface area contributed by atoms with E-state index in [0.717, 1.165) is 6.42 Å². The number of halogens is 1. The van der Waals surface area contributed by atoms with Gasteiger partial charge in [0.05, 0.1) is 0 Å². The van der Waals surface area contributed by atoms with E-state index in [1.165, 1.54) is 11.1 Å². The van der Waals surface area contributed by atoms with Crippen molar-refractivity contribution in [3.8, 4) is 0 Å². The molecule has 0 radical (unpaired) electrons. The molecule has 2 heteroatoms. The lowest BCUT2D eigenvalue weighted by Gasteiger charge is -2.08. The van der Waals surface area contributed by atoms with Gasteiger partial charge in [0.2, 0.25) is 0 Å². The summed E-state index contributed by atoms with van der Waals surface area (Å²) in [6.45, 7) is 4.27. The lowest BCUT2D eigenvalue weighted by molar-refractivity contribution is 0.894. The molecule has 0 aliphatic carbocycles. The van der Waals surface area contributed by atoms with Gasteiger partial charge in [0.1, 0.15) is 0 Å². The molecule has 1 unspecified atom stereocenters. The smallest absolute Gasteiger partial charge is 0.0410 e. The maximum atomic E-state index is 4.08. The highest BCUT2D eigenvalue weighted by Crippen LogP contribution is 2.27. The Bertz CT molecular complexity index is 235. The molecule has 0 saturated carbocycles. The first-order valence-electron chi connectivity index (χ1n) is 3.80. The van der Waals surface area contributed by atoms with Crippen molar-refractivity contribution < 1.29 is 0 Å². The van der Waals surface area contributed by atoms with Crippen LogP contribution < -0.4 is 0 Å². The van der Waals surface area contributed by atoms with Gasteiger partial charge in [0, 0.05) is 17.2 Å². The van der Waals surface area contributed by atoms with E-state index in [9.17, 15) is 0 Å². The van der Waals surface area contributed by atoms with E-state index in [-0.39, 0.29) is 0 Å². The summed E-state index contributed by atoms with van der Waals surface area (Å²) >= 11 is 3.60. The Morgan fingerprint density at radius 2 is 2.36 bits per heavy atom. The second-order valence-electron chi connectivity index (χ2n) is 2.61. The summed E-state index contributed by atoms with van der Waals surface area (Å²) in [6.07, 6.45) is 4.86. The van der Waals surface area contributed by atoms with Crippen molar-refractivity contribution in [3.05, 3.63) is 29.6 Å². The predicted molar refractivity (Wildman–Crippen MR) is 50.9 cm³/mol. The molecule has 0 N–H and O–H groups in total. The number of hydrogen-bond donors (Lipinski definition) is 0. The largest absolute Gasteiger partial charge is 0.264 e. The molecule has 1 aromatic rings. The van der Waals surface area contributed by atoms with Crippen LogP contribution >= 0.6 is 15.9 Å². The van der Waals surface area contributed by atoms with Gasteiger partial charge in [-0.3, -0.25) is 4.98 Å². The van der Waals surface area contributed by atoms with Crippen LogP contribution in [0.15, 0.2) is 18.5 Å². The van der Waals surface area contributed by atoms with Crippen LogP contribution in [0.1, 0.15) is 29.3 Å². The molecule has 60 valence electrons. The number of aromatic nitrogens is 1. The molecule has 0 fully saturated rings. The number of nitrogens with zero attached hydrogens (tertiary/aromatic N) is 1.